The maximum atomic E-state index is 11.6. The minimum atomic E-state index is -0.142. The number of anilines is 1. The molecule has 2 heterocycles. The van der Waals surface area contributed by atoms with Crippen molar-refractivity contribution in [1.82, 2.24) is 20.1 Å². The van der Waals surface area contributed by atoms with Crippen LogP contribution >= 0.6 is 11.6 Å². The van der Waals surface area contributed by atoms with Gasteiger partial charge in [-0.1, -0.05) is 11.6 Å². The van der Waals surface area contributed by atoms with Crippen LogP contribution in [0.5, 0.6) is 0 Å². The zero-order chi connectivity index (χ0) is 14.4. The average Bonchev–Trinajstić information content (AvgIpc) is 2.83. The molecule has 6 nitrogen and oxygen atoms in total. The first-order chi connectivity index (χ1) is 9.63. The van der Waals surface area contributed by atoms with E-state index in [1.807, 2.05) is 17.8 Å². The summed E-state index contributed by atoms with van der Waals surface area (Å²) in [6.07, 6.45) is 5.25. The van der Waals surface area contributed by atoms with Crippen LogP contribution in [0.1, 0.15) is 5.56 Å². The molecule has 106 valence electrons. The molecule has 2 rings (SSSR count). The standard InChI is InChI=1S/C13H16ClN5O/c1-10-6-17-19(9-10)5-4-15-8-13(20)18-12-3-2-11(14)7-16-12/h2-3,6-7,9,15H,4-5,8H2,1H3,(H,16,18,20). The van der Waals surface area contributed by atoms with Crippen molar-refractivity contribution in [1.29, 1.82) is 0 Å². The summed E-state index contributed by atoms with van der Waals surface area (Å²) in [7, 11) is 0. The lowest BCUT2D eigenvalue weighted by Crippen LogP contribution is -2.30. The zero-order valence-electron chi connectivity index (χ0n) is 11.1. The number of nitrogens with one attached hydrogen (secondary N) is 2. The highest BCUT2D eigenvalue weighted by molar-refractivity contribution is 6.30. The number of carbonyl (C=O) groups excluding carboxylic acids is 1. The fraction of sp³-hybridized carbons (Fsp3) is 0.308. The number of amides is 1. The molecule has 1 amide bonds. The molecule has 0 unspecified atom stereocenters. The number of hydrogen-bond donors (Lipinski definition) is 2. The van der Waals surface area contributed by atoms with E-state index >= 15 is 0 Å². The van der Waals surface area contributed by atoms with Crippen molar-refractivity contribution in [2.45, 2.75) is 13.5 Å². The van der Waals surface area contributed by atoms with Crippen LogP contribution in [0, 0.1) is 6.92 Å². The van der Waals surface area contributed by atoms with E-state index in [0.29, 0.717) is 17.4 Å². The van der Waals surface area contributed by atoms with E-state index in [1.165, 1.54) is 6.20 Å². The molecule has 0 aliphatic heterocycles. The highest BCUT2D eigenvalue weighted by Crippen LogP contribution is 2.08. The van der Waals surface area contributed by atoms with E-state index in [9.17, 15) is 4.79 Å². The van der Waals surface area contributed by atoms with E-state index < -0.39 is 0 Å². The molecular formula is C13H16ClN5O. The fourth-order valence-corrected chi connectivity index (χ4v) is 1.73. The van der Waals surface area contributed by atoms with E-state index in [0.717, 1.165) is 12.1 Å². The summed E-state index contributed by atoms with van der Waals surface area (Å²) in [5.74, 6) is 0.348. The first-order valence-corrected chi connectivity index (χ1v) is 6.62. The summed E-state index contributed by atoms with van der Waals surface area (Å²) in [6.45, 7) is 3.61. The summed E-state index contributed by atoms with van der Waals surface area (Å²) in [5, 5.41) is 10.4. The van der Waals surface area contributed by atoms with Crippen LogP contribution in [0.15, 0.2) is 30.7 Å². The Morgan fingerprint density at radius 3 is 2.90 bits per heavy atom. The highest BCUT2D eigenvalue weighted by atomic mass is 35.5. The molecule has 0 saturated heterocycles. The van der Waals surface area contributed by atoms with Crippen molar-refractivity contribution in [3.63, 3.8) is 0 Å². The maximum Gasteiger partial charge on any atom is 0.239 e. The molecule has 0 aliphatic carbocycles. The van der Waals surface area contributed by atoms with Gasteiger partial charge in [0.2, 0.25) is 5.91 Å². The Labute approximate surface area is 122 Å². The van der Waals surface area contributed by atoms with Gasteiger partial charge in [-0.15, -0.1) is 0 Å². The Kier molecular flexibility index (Phi) is 5.09. The predicted octanol–water partition coefficient (Wildman–Crippen LogP) is 1.47. The second-order valence-corrected chi connectivity index (χ2v) is 4.80. The van der Waals surface area contributed by atoms with Crippen molar-refractivity contribution in [3.8, 4) is 0 Å². The molecule has 2 aromatic rings. The molecule has 0 spiro atoms. The molecule has 0 aliphatic rings. The van der Waals surface area contributed by atoms with Crippen molar-refractivity contribution >= 4 is 23.3 Å². The van der Waals surface area contributed by atoms with Gasteiger partial charge in [0.25, 0.3) is 0 Å². The van der Waals surface area contributed by atoms with Crippen LogP contribution < -0.4 is 10.6 Å². The highest BCUT2D eigenvalue weighted by Gasteiger charge is 2.02. The predicted molar refractivity (Wildman–Crippen MR) is 77.7 cm³/mol. The van der Waals surface area contributed by atoms with Gasteiger partial charge in [0.1, 0.15) is 5.82 Å². The van der Waals surface area contributed by atoms with E-state index in [-0.39, 0.29) is 12.5 Å². The zero-order valence-corrected chi connectivity index (χ0v) is 11.9. The Bertz CT molecular complexity index is 566. The average molecular weight is 294 g/mol. The van der Waals surface area contributed by atoms with Gasteiger partial charge in [0, 0.05) is 18.9 Å². The lowest BCUT2D eigenvalue weighted by atomic mass is 10.4. The lowest BCUT2D eigenvalue weighted by Gasteiger charge is -2.06. The summed E-state index contributed by atoms with van der Waals surface area (Å²) in [6, 6.07) is 3.34. The van der Waals surface area contributed by atoms with Crippen LogP contribution in [-0.4, -0.2) is 33.8 Å². The third kappa shape index (κ3) is 4.64. The quantitative estimate of drug-likeness (QED) is 0.791. The number of halogens is 1. The molecule has 0 fully saturated rings. The van der Waals surface area contributed by atoms with Gasteiger partial charge in [-0.2, -0.15) is 5.10 Å². The molecule has 0 atom stereocenters. The van der Waals surface area contributed by atoms with Crippen LogP contribution in [0.4, 0.5) is 5.82 Å². The lowest BCUT2D eigenvalue weighted by molar-refractivity contribution is -0.115. The molecule has 0 bridgehead atoms. The van der Waals surface area contributed by atoms with Crippen molar-refractivity contribution < 1.29 is 4.79 Å². The van der Waals surface area contributed by atoms with E-state index in [2.05, 4.69) is 20.7 Å². The third-order valence-electron chi connectivity index (χ3n) is 2.56. The first kappa shape index (κ1) is 14.5. The van der Waals surface area contributed by atoms with Crippen molar-refractivity contribution in [2.24, 2.45) is 0 Å². The molecule has 2 aromatic heterocycles. The van der Waals surface area contributed by atoms with Crippen LogP contribution in [-0.2, 0) is 11.3 Å². The van der Waals surface area contributed by atoms with Crippen molar-refractivity contribution in [3.05, 3.63) is 41.3 Å². The molecule has 20 heavy (non-hydrogen) atoms. The number of rotatable bonds is 6. The minimum absolute atomic E-state index is 0.142. The summed E-state index contributed by atoms with van der Waals surface area (Å²) >= 11 is 5.71. The SMILES string of the molecule is Cc1cnn(CCNCC(=O)Nc2ccc(Cl)cn2)c1. The van der Waals surface area contributed by atoms with Gasteiger partial charge in [0.05, 0.1) is 24.3 Å². The number of aromatic nitrogens is 3. The Morgan fingerprint density at radius 2 is 2.25 bits per heavy atom. The van der Waals surface area contributed by atoms with Gasteiger partial charge in [0.15, 0.2) is 0 Å². The second kappa shape index (κ2) is 7.02. The summed E-state index contributed by atoms with van der Waals surface area (Å²) in [4.78, 5) is 15.6. The number of aryl methyl sites for hydroxylation is 1. The van der Waals surface area contributed by atoms with Gasteiger partial charge in [-0.25, -0.2) is 4.98 Å². The molecule has 2 N–H and O–H groups in total. The van der Waals surface area contributed by atoms with Crippen LogP contribution in [0.2, 0.25) is 5.02 Å². The second-order valence-electron chi connectivity index (χ2n) is 4.37. The van der Waals surface area contributed by atoms with E-state index in [4.69, 9.17) is 11.6 Å². The Morgan fingerprint density at radius 1 is 1.40 bits per heavy atom. The number of pyridine rings is 1. The number of carbonyl (C=O) groups is 1. The fourth-order valence-electron chi connectivity index (χ4n) is 1.62. The topological polar surface area (TPSA) is 71.8 Å². The number of hydrogen-bond acceptors (Lipinski definition) is 4. The molecule has 0 radical (unpaired) electrons. The van der Waals surface area contributed by atoms with Crippen LogP contribution in [0.3, 0.4) is 0 Å². The normalized spacial score (nSPS) is 10.5. The Hall–Kier alpha value is -1.92. The largest absolute Gasteiger partial charge is 0.310 e. The molecule has 0 saturated carbocycles. The van der Waals surface area contributed by atoms with Crippen molar-refractivity contribution in [2.75, 3.05) is 18.4 Å². The summed E-state index contributed by atoms with van der Waals surface area (Å²) < 4.78 is 1.83. The van der Waals surface area contributed by atoms with Crippen LogP contribution in [0.25, 0.3) is 0 Å². The van der Waals surface area contributed by atoms with E-state index in [1.54, 1.807) is 18.3 Å². The molecule has 7 heteroatoms. The van der Waals surface area contributed by atoms with Gasteiger partial charge in [-0.05, 0) is 24.6 Å². The van der Waals surface area contributed by atoms with Gasteiger partial charge in [-0.3, -0.25) is 9.48 Å². The Balaban J connectivity index is 1.66. The number of nitrogens with zero attached hydrogens (tertiary/aromatic N) is 3. The first-order valence-electron chi connectivity index (χ1n) is 6.24. The molecule has 0 aromatic carbocycles. The monoisotopic (exact) mass is 293 g/mol. The minimum Gasteiger partial charge on any atom is -0.310 e. The smallest absolute Gasteiger partial charge is 0.239 e. The van der Waals surface area contributed by atoms with Gasteiger partial charge < -0.3 is 10.6 Å². The molecular weight excluding hydrogens is 278 g/mol. The summed E-state index contributed by atoms with van der Waals surface area (Å²) in [5.41, 5.74) is 1.12. The van der Waals surface area contributed by atoms with Gasteiger partial charge >= 0.3 is 0 Å². The maximum absolute atomic E-state index is 11.6. The third-order valence-corrected chi connectivity index (χ3v) is 2.78.